The number of ether oxygens (including phenoxy) is 2. The third kappa shape index (κ3) is 8.09. The third-order valence-electron chi connectivity index (χ3n) is 7.74. The number of carbonyl (C=O) groups is 3. The van der Waals surface area contributed by atoms with E-state index in [2.05, 4.69) is 10.3 Å². The fourth-order valence-electron chi connectivity index (χ4n) is 5.74. The van der Waals surface area contributed by atoms with Crippen molar-refractivity contribution >= 4 is 17.7 Å². The van der Waals surface area contributed by atoms with Gasteiger partial charge in [-0.15, -0.1) is 0 Å². The van der Waals surface area contributed by atoms with Crippen LogP contribution in [0.15, 0.2) is 60.7 Å². The normalized spacial score (nSPS) is 19.1. The highest BCUT2D eigenvalue weighted by Crippen LogP contribution is 2.31. The predicted octanol–water partition coefficient (Wildman–Crippen LogP) is 3.57. The summed E-state index contributed by atoms with van der Waals surface area (Å²) in [6, 6.07) is 16.9. The molecule has 0 aliphatic carbocycles. The molecule has 5 rings (SSSR count). The molecular formula is C33H37FN4O5. The monoisotopic (exact) mass is 588 g/mol. The highest BCUT2D eigenvalue weighted by atomic mass is 19.1. The SMILES string of the molecule is Cc1cc(CC(=O)N2C[C@@H]3NC(=O)CN(C(=O)COc4cccc(F)c4)CCCCOc4cccc(c4)[C@H]3C2)cc(C)n1. The molecule has 10 heteroatoms. The lowest BCUT2D eigenvalue weighted by molar-refractivity contribution is -0.138. The van der Waals surface area contributed by atoms with E-state index in [0.717, 1.165) is 28.3 Å². The first kappa shape index (κ1) is 30.0. The third-order valence-corrected chi connectivity index (χ3v) is 7.74. The lowest BCUT2D eigenvalue weighted by Crippen LogP contribution is -2.48. The van der Waals surface area contributed by atoms with Gasteiger partial charge < -0.3 is 24.6 Å². The molecule has 0 saturated carbocycles. The van der Waals surface area contributed by atoms with Crippen LogP contribution < -0.4 is 14.8 Å². The zero-order chi connectivity index (χ0) is 30.3. The number of carbonyl (C=O) groups excluding carboxylic acids is 3. The van der Waals surface area contributed by atoms with Gasteiger partial charge in [-0.25, -0.2) is 4.39 Å². The van der Waals surface area contributed by atoms with E-state index in [1.54, 1.807) is 11.0 Å². The number of fused-ring (bicyclic) bond motifs is 4. The number of halogens is 1. The second-order valence-corrected chi connectivity index (χ2v) is 11.2. The second-order valence-electron chi connectivity index (χ2n) is 11.2. The van der Waals surface area contributed by atoms with Crippen molar-refractivity contribution in [3.05, 3.63) is 89.0 Å². The van der Waals surface area contributed by atoms with E-state index in [1.165, 1.54) is 23.1 Å². The number of amides is 3. The number of nitrogens with zero attached hydrogens (tertiary/aromatic N) is 3. The highest BCUT2D eigenvalue weighted by molar-refractivity contribution is 5.86. The number of hydrogen-bond acceptors (Lipinski definition) is 6. The van der Waals surface area contributed by atoms with Crippen molar-refractivity contribution in [1.82, 2.24) is 20.1 Å². The summed E-state index contributed by atoms with van der Waals surface area (Å²) in [5.74, 6) is -0.358. The Morgan fingerprint density at radius 3 is 2.58 bits per heavy atom. The average molecular weight is 589 g/mol. The van der Waals surface area contributed by atoms with Crippen LogP contribution in [-0.4, -0.2) is 77.9 Å². The molecule has 1 saturated heterocycles. The Kier molecular flexibility index (Phi) is 9.54. The molecule has 2 atom stereocenters. The zero-order valence-electron chi connectivity index (χ0n) is 24.6. The number of rotatable bonds is 5. The van der Waals surface area contributed by atoms with Crippen LogP contribution in [0.4, 0.5) is 4.39 Å². The van der Waals surface area contributed by atoms with E-state index in [1.807, 2.05) is 50.2 Å². The molecule has 9 nitrogen and oxygen atoms in total. The van der Waals surface area contributed by atoms with Crippen LogP contribution in [0.5, 0.6) is 11.5 Å². The smallest absolute Gasteiger partial charge is 0.260 e. The van der Waals surface area contributed by atoms with Gasteiger partial charge in [-0.3, -0.25) is 19.4 Å². The van der Waals surface area contributed by atoms with Crippen molar-refractivity contribution in [1.29, 1.82) is 0 Å². The van der Waals surface area contributed by atoms with Crippen molar-refractivity contribution in [3.63, 3.8) is 0 Å². The summed E-state index contributed by atoms with van der Waals surface area (Å²) in [6.45, 7) is 4.93. The maximum absolute atomic E-state index is 13.5. The molecular weight excluding hydrogens is 551 g/mol. The molecule has 1 aromatic heterocycles. The van der Waals surface area contributed by atoms with Crippen LogP contribution in [0.3, 0.4) is 0 Å². The Morgan fingerprint density at radius 2 is 1.79 bits per heavy atom. The molecule has 3 heterocycles. The fraction of sp³-hybridized carbons (Fsp3) is 0.394. The zero-order valence-corrected chi connectivity index (χ0v) is 24.6. The van der Waals surface area contributed by atoms with Gasteiger partial charge in [0, 0.05) is 43.0 Å². The fourth-order valence-corrected chi connectivity index (χ4v) is 5.74. The number of likely N-dealkylation sites (tertiary alicyclic amines) is 1. The maximum Gasteiger partial charge on any atom is 0.260 e. The number of aromatic nitrogens is 1. The van der Waals surface area contributed by atoms with E-state index in [9.17, 15) is 18.8 Å². The van der Waals surface area contributed by atoms with Crippen molar-refractivity contribution in [2.75, 3.05) is 39.4 Å². The Bertz CT molecular complexity index is 1460. The summed E-state index contributed by atoms with van der Waals surface area (Å²) >= 11 is 0. The van der Waals surface area contributed by atoms with Crippen LogP contribution in [-0.2, 0) is 20.8 Å². The minimum absolute atomic E-state index is 0.0247. The predicted molar refractivity (Wildman–Crippen MR) is 158 cm³/mol. The van der Waals surface area contributed by atoms with E-state index in [-0.39, 0.29) is 55.0 Å². The van der Waals surface area contributed by atoms with Crippen molar-refractivity contribution in [3.8, 4) is 11.5 Å². The standard InChI is InChI=1S/C33H37FN4O5/c1-22-13-24(14-23(2)35-22)15-32(40)38-18-29-25-7-5-9-27(16-25)42-12-4-3-11-37(20-31(39)36-30(29)19-38)33(41)21-43-28-10-6-8-26(34)17-28/h5-10,13-14,16-17,29-30H,3-4,11-12,15,18-21H2,1-2H3,(H,36,39)/t29-,30+/m1/s1. The molecule has 3 aromatic rings. The molecule has 2 aliphatic heterocycles. The number of pyridine rings is 1. The lowest BCUT2D eigenvalue weighted by atomic mass is 9.94. The molecule has 2 bridgehead atoms. The quantitative estimate of drug-likeness (QED) is 0.489. The van der Waals surface area contributed by atoms with Gasteiger partial charge in [0.1, 0.15) is 17.3 Å². The van der Waals surface area contributed by atoms with Crippen LogP contribution in [0, 0.1) is 19.7 Å². The molecule has 1 fully saturated rings. The lowest BCUT2D eigenvalue weighted by Gasteiger charge is -2.26. The molecule has 0 spiro atoms. The Morgan fingerprint density at radius 1 is 1.00 bits per heavy atom. The summed E-state index contributed by atoms with van der Waals surface area (Å²) in [4.78, 5) is 47.5. The van der Waals surface area contributed by atoms with E-state index in [0.29, 0.717) is 39.1 Å². The van der Waals surface area contributed by atoms with Crippen LogP contribution in [0.2, 0.25) is 0 Å². The first-order valence-electron chi connectivity index (χ1n) is 14.6. The number of benzene rings is 2. The summed E-state index contributed by atoms with van der Waals surface area (Å²) < 4.78 is 25.1. The van der Waals surface area contributed by atoms with E-state index >= 15 is 0 Å². The molecule has 2 aliphatic rings. The summed E-state index contributed by atoms with van der Waals surface area (Å²) in [6.07, 6.45) is 1.55. The molecule has 1 N–H and O–H groups in total. The average Bonchev–Trinajstić information content (AvgIpc) is 3.38. The Hall–Kier alpha value is -4.47. The Balaban J connectivity index is 1.31. The van der Waals surface area contributed by atoms with Gasteiger partial charge in [-0.05, 0) is 74.2 Å². The number of aryl methyl sites for hydroxylation is 2. The second kappa shape index (κ2) is 13.7. The molecule has 3 amide bonds. The minimum Gasteiger partial charge on any atom is -0.494 e. The molecule has 226 valence electrons. The van der Waals surface area contributed by atoms with Crippen LogP contribution in [0.25, 0.3) is 0 Å². The number of hydrogen-bond donors (Lipinski definition) is 1. The van der Waals surface area contributed by atoms with E-state index in [4.69, 9.17) is 9.47 Å². The summed E-state index contributed by atoms with van der Waals surface area (Å²) in [7, 11) is 0. The molecule has 43 heavy (non-hydrogen) atoms. The topological polar surface area (TPSA) is 101 Å². The summed E-state index contributed by atoms with van der Waals surface area (Å²) in [5.41, 5.74) is 3.60. The van der Waals surface area contributed by atoms with Crippen molar-refractivity contribution < 1.29 is 28.2 Å². The highest BCUT2D eigenvalue weighted by Gasteiger charge is 2.37. The van der Waals surface area contributed by atoms with Crippen molar-refractivity contribution in [2.24, 2.45) is 0 Å². The molecule has 0 unspecified atom stereocenters. The van der Waals surface area contributed by atoms with Crippen molar-refractivity contribution in [2.45, 2.75) is 45.1 Å². The van der Waals surface area contributed by atoms with Gasteiger partial charge in [-0.2, -0.15) is 0 Å². The molecule has 0 radical (unpaired) electrons. The van der Waals surface area contributed by atoms with Crippen LogP contribution in [0.1, 0.15) is 41.3 Å². The molecule has 2 aromatic carbocycles. The van der Waals surface area contributed by atoms with E-state index < -0.39 is 5.82 Å². The maximum atomic E-state index is 13.5. The summed E-state index contributed by atoms with van der Waals surface area (Å²) in [5, 5.41) is 3.11. The minimum atomic E-state index is -0.461. The van der Waals surface area contributed by atoms with Gasteiger partial charge in [0.05, 0.1) is 25.6 Å². The van der Waals surface area contributed by atoms with Gasteiger partial charge in [0.2, 0.25) is 11.8 Å². The van der Waals surface area contributed by atoms with Crippen LogP contribution >= 0.6 is 0 Å². The Labute approximate surface area is 251 Å². The largest absolute Gasteiger partial charge is 0.494 e. The first-order chi connectivity index (χ1) is 20.7. The number of nitrogens with one attached hydrogen (secondary N) is 1. The van der Waals surface area contributed by atoms with Gasteiger partial charge in [0.15, 0.2) is 6.61 Å². The van der Waals surface area contributed by atoms with Gasteiger partial charge in [0.25, 0.3) is 5.91 Å². The van der Waals surface area contributed by atoms with Gasteiger partial charge >= 0.3 is 0 Å². The first-order valence-corrected chi connectivity index (χ1v) is 14.6. The van der Waals surface area contributed by atoms with Gasteiger partial charge in [-0.1, -0.05) is 18.2 Å².